The summed E-state index contributed by atoms with van der Waals surface area (Å²) in [6.45, 7) is 5.49. The monoisotopic (exact) mass is 174 g/mol. The van der Waals surface area contributed by atoms with Crippen LogP contribution in [0.2, 0.25) is 0 Å². The van der Waals surface area contributed by atoms with Crippen molar-refractivity contribution < 1.29 is 4.79 Å². The molecule has 3 nitrogen and oxygen atoms in total. The van der Waals surface area contributed by atoms with Gasteiger partial charge in [0.2, 0.25) is 5.91 Å². The first kappa shape index (κ1) is 8.87. The lowest BCUT2D eigenvalue weighted by atomic mass is 10.0. The maximum absolute atomic E-state index is 11.2. The van der Waals surface area contributed by atoms with Gasteiger partial charge >= 0.3 is 0 Å². The Morgan fingerprint density at radius 2 is 2.18 bits per heavy atom. The van der Waals surface area contributed by atoms with Gasteiger partial charge in [-0.3, -0.25) is 9.10 Å². The largest absolute Gasteiger partial charge is 0.354 e. The molecule has 0 aromatic heterocycles. The van der Waals surface area contributed by atoms with Gasteiger partial charge in [0.05, 0.1) is 5.92 Å². The van der Waals surface area contributed by atoms with E-state index in [-0.39, 0.29) is 17.9 Å². The molecule has 1 saturated heterocycles. The van der Waals surface area contributed by atoms with E-state index in [0.29, 0.717) is 0 Å². The second kappa shape index (κ2) is 3.45. The fourth-order valence-electron chi connectivity index (χ4n) is 1.02. The van der Waals surface area contributed by atoms with Crippen LogP contribution in [0, 0.1) is 5.92 Å². The molecule has 1 fully saturated rings. The van der Waals surface area contributed by atoms with Crippen molar-refractivity contribution in [2.45, 2.75) is 19.9 Å². The molecular weight excluding hydrogens is 160 g/mol. The molecule has 0 radical (unpaired) electrons. The molecule has 0 aromatic carbocycles. The average Bonchev–Trinajstić information content (AvgIpc) is 1.79. The molecule has 0 aromatic rings. The van der Waals surface area contributed by atoms with E-state index >= 15 is 0 Å². The van der Waals surface area contributed by atoms with Crippen LogP contribution in [0.4, 0.5) is 0 Å². The van der Waals surface area contributed by atoms with Crippen LogP contribution in [-0.2, 0) is 4.79 Å². The van der Waals surface area contributed by atoms with E-state index in [4.69, 9.17) is 0 Å². The van der Waals surface area contributed by atoms with Crippen molar-refractivity contribution in [2.75, 3.05) is 13.1 Å². The Balaban J connectivity index is 2.21. The molecule has 0 aliphatic carbocycles. The minimum Gasteiger partial charge on any atom is -0.354 e. The molecular formula is C7H14N2OS. The molecule has 1 heterocycles. The van der Waals surface area contributed by atoms with Crippen molar-refractivity contribution in [1.29, 1.82) is 0 Å². The van der Waals surface area contributed by atoms with Crippen molar-refractivity contribution >= 4 is 18.7 Å². The summed E-state index contributed by atoms with van der Waals surface area (Å²) in [5.74, 6) is 0.320. The normalized spacial score (nSPS) is 20.0. The van der Waals surface area contributed by atoms with Crippen LogP contribution in [-0.4, -0.2) is 29.3 Å². The number of thiol groups is 1. The van der Waals surface area contributed by atoms with Crippen LogP contribution < -0.4 is 5.32 Å². The lowest BCUT2D eigenvalue weighted by Crippen LogP contribution is -2.50. The first-order valence-electron chi connectivity index (χ1n) is 3.84. The van der Waals surface area contributed by atoms with E-state index in [0.717, 1.165) is 13.1 Å². The standard InChI is InChI=1S/C7H14N2OS/c1-5(2)8-7(10)6-3-9(11)4-6/h5-6,11H,3-4H2,1-2H3,(H,8,10). The Labute approximate surface area is 72.7 Å². The van der Waals surface area contributed by atoms with Crippen molar-refractivity contribution in [3.05, 3.63) is 0 Å². The van der Waals surface area contributed by atoms with Crippen LogP contribution in [0.15, 0.2) is 0 Å². The van der Waals surface area contributed by atoms with Crippen LogP contribution >= 0.6 is 12.8 Å². The molecule has 64 valence electrons. The molecule has 11 heavy (non-hydrogen) atoms. The van der Waals surface area contributed by atoms with Crippen LogP contribution in [0.25, 0.3) is 0 Å². The van der Waals surface area contributed by atoms with Crippen LogP contribution in [0.5, 0.6) is 0 Å². The molecule has 4 heteroatoms. The highest BCUT2D eigenvalue weighted by Crippen LogP contribution is 2.16. The summed E-state index contributed by atoms with van der Waals surface area (Å²) in [6.07, 6.45) is 0. The number of rotatable bonds is 2. The van der Waals surface area contributed by atoms with E-state index < -0.39 is 0 Å². The minimum absolute atomic E-state index is 0.158. The number of hydrogen-bond acceptors (Lipinski definition) is 3. The lowest BCUT2D eigenvalue weighted by molar-refractivity contribution is -0.128. The first-order valence-corrected chi connectivity index (χ1v) is 4.24. The molecule has 0 spiro atoms. The van der Waals surface area contributed by atoms with Gasteiger partial charge in [-0.05, 0) is 13.8 Å². The quantitative estimate of drug-likeness (QED) is 0.590. The minimum atomic E-state index is 0.158. The lowest BCUT2D eigenvalue weighted by Gasteiger charge is -2.34. The van der Waals surface area contributed by atoms with Crippen LogP contribution in [0.1, 0.15) is 13.8 Å². The summed E-state index contributed by atoms with van der Waals surface area (Å²) in [7, 11) is 0. The summed E-state index contributed by atoms with van der Waals surface area (Å²) in [6, 6.07) is 0.247. The molecule has 0 unspecified atom stereocenters. The van der Waals surface area contributed by atoms with Crippen molar-refractivity contribution in [3.63, 3.8) is 0 Å². The van der Waals surface area contributed by atoms with Gasteiger partial charge in [0, 0.05) is 19.1 Å². The van der Waals surface area contributed by atoms with E-state index in [9.17, 15) is 4.79 Å². The Morgan fingerprint density at radius 1 is 1.64 bits per heavy atom. The van der Waals surface area contributed by atoms with E-state index in [1.165, 1.54) is 0 Å². The van der Waals surface area contributed by atoms with Gasteiger partial charge in [-0.25, -0.2) is 0 Å². The number of amides is 1. The van der Waals surface area contributed by atoms with Gasteiger partial charge < -0.3 is 5.32 Å². The average molecular weight is 174 g/mol. The van der Waals surface area contributed by atoms with E-state index in [1.807, 2.05) is 18.2 Å². The maximum Gasteiger partial charge on any atom is 0.225 e. The SMILES string of the molecule is CC(C)NC(=O)C1CN(S)C1. The fraction of sp³-hybridized carbons (Fsp3) is 0.857. The molecule has 1 rings (SSSR count). The van der Waals surface area contributed by atoms with Crippen molar-refractivity contribution in [1.82, 2.24) is 9.62 Å². The van der Waals surface area contributed by atoms with Gasteiger partial charge in [-0.2, -0.15) is 0 Å². The molecule has 1 N–H and O–H groups in total. The molecule has 1 aliphatic heterocycles. The summed E-state index contributed by atoms with van der Waals surface area (Å²) in [4.78, 5) is 11.2. The Bertz CT molecular complexity index is 155. The molecule has 0 saturated carbocycles. The fourth-order valence-corrected chi connectivity index (χ4v) is 1.42. The van der Waals surface area contributed by atoms with Gasteiger partial charge in [-0.1, -0.05) is 12.8 Å². The van der Waals surface area contributed by atoms with E-state index in [2.05, 4.69) is 18.1 Å². The number of nitrogens with one attached hydrogen (secondary N) is 1. The van der Waals surface area contributed by atoms with Gasteiger partial charge in [0.1, 0.15) is 0 Å². The molecule has 0 atom stereocenters. The maximum atomic E-state index is 11.2. The summed E-state index contributed by atoms with van der Waals surface area (Å²) in [5, 5.41) is 2.87. The molecule has 1 aliphatic rings. The predicted molar refractivity (Wildman–Crippen MR) is 47.3 cm³/mol. The third-order valence-corrected chi connectivity index (χ3v) is 1.99. The first-order chi connectivity index (χ1) is 5.09. The number of nitrogens with zero attached hydrogens (tertiary/aromatic N) is 1. The topological polar surface area (TPSA) is 32.3 Å². The van der Waals surface area contributed by atoms with Gasteiger partial charge in [-0.15, -0.1) is 0 Å². The Hall–Kier alpha value is -0.220. The summed E-state index contributed by atoms with van der Waals surface area (Å²) in [5.41, 5.74) is 0. The smallest absolute Gasteiger partial charge is 0.225 e. The van der Waals surface area contributed by atoms with Crippen LogP contribution in [0.3, 0.4) is 0 Å². The van der Waals surface area contributed by atoms with Crippen molar-refractivity contribution in [3.8, 4) is 0 Å². The highest BCUT2D eigenvalue weighted by Gasteiger charge is 2.30. The second-order valence-electron chi connectivity index (χ2n) is 3.23. The van der Waals surface area contributed by atoms with Gasteiger partial charge in [0.25, 0.3) is 0 Å². The highest BCUT2D eigenvalue weighted by molar-refractivity contribution is 7.77. The third-order valence-electron chi connectivity index (χ3n) is 1.66. The van der Waals surface area contributed by atoms with E-state index in [1.54, 1.807) is 0 Å². The number of hydrogen-bond donors (Lipinski definition) is 2. The zero-order chi connectivity index (χ0) is 8.43. The highest BCUT2D eigenvalue weighted by atomic mass is 32.1. The second-order valence-corrected chi connectivity index (χ2v) is 3.80. The van der Waals surface area contributed by atoms with Crippen molar-refractivity contribution in [2.24, 2.45) is 5.92 Å². The number of carbonyl (C=O) groups excluding carboxylic acids is 1. The van der Waals surface area contributed by atoms with Gasteiger partial charge in [0.15, 0.2) is 0 Å². The summed E-state index contributed by atoms with van der Waals surface area (Å²) < 4.78 is 1.84. The third kappa shape index (κ3) is 2.38. The molecule has 0 bridgehead atoms. The predicted octanol–water partition coefficient (Wildman–Crippen LogP) is 0.288. The Morgan fingerprint density at radius 3 is 2.55 bits per heavy atom. The number of carbonyl (C=O) groups is 1. The Kier molecular flexibility index (Phi) is 2.78. The zero-order valence-electron chi connectivity index (χ0n) is 6.87. The summed E-state index contributed by atoms with van der Waals surface area (Å²) >= 11 is 4.08. The molecule has 1 amide bonds. The zero-order valence-corrected chi connectivity index (χ0v) is 7.77.